The number of aliphatic hydroxyl groups excluding tert-OH is 1. The van der Waals surface area contributed by atoms with Gasteiger partial charge in [0, 0.05) is 15.4 Å². The molecular formula is C16H11BrFNO. The number of para-hydroxylation sites is 1. The number of hydrogen-bond acceptors (Lipinski definition) is 2. The van der Waals surface area contributed by atoms with Gasteiger partial charge in [-0.3, -0.25) is 0 Å². The minimum absolute atomic E-state index is 0.210. The molecule has 0 aliphatic heterocycles. The lowest BCUT2D eigenvalue weighted by Gasteiger charge is -2.12. The van der Waals surface area contributed by atoms with Gasteiger partial charge in [-0.05, 0) is 30.3 Å². The number of aliphatic hydroxyl groups is 1. The molecule has 0 fully saturated rings. The van der Waals surface area contributed by atoms with Crippen LogP contribution in [0.25, 0.3) is 10.9 Å². The first-order chi connectivity index (χ1) is 9.65. The fourth-order valence-electron chi connectivity index (χ4n) is 2.12. The molecule has 1 atom stereocenters. The molecule has 3 rings (SSSR count). The number of pyridine rings is 1. The van der Waals surface area contributed by atoms with Crippen molar-refractivity contribution in [3.8, 4) is 0 Å². The lowest BCUT2D eigenvalue weighted by Crippen LogP contribution is -2.05. The molecule has 1 aromatic heterocycles. The van der Waals surface area contributed by atoms with Crippen LogP contribution in [0.4, 0.5) is 4.39 Å². The van der Waals surface area contributed by atoms with Gasteiger partial charge >= 0.3 is 0 Å². The largest absolute Gasteiger partial charge is 0.382 e. The van der Waals surface area contributed by atoms with Crippen molar-refractivity contribution in [1.82, 2.24) is 4.98 Å². The van der Waals surface area contributed by atoms with Crippen LogP contribution in [0.5, 0.6) is 0 Å². The Morgan fingerprint density at radius 1 is 1.05 bits per heavy atom. The smallest absolute Gasteiger partial charge is 0.129 e. The van der Waals surface area contributed by atoms with Gasteiger partial charge in [-0.25, -0.2) is 9.37 Å². The summed E-state index contributed by atoms with van der Waals surface area (Å²) in [5.74, 6) is -0.448. The highest BCUT2D eigenvalue weighted by Gasteiger charge is 2.17. The number of aromatic nitrogens is 1. The molecule has 0 radical (unpaired) electrons. The first-order valence-corrected chi connectivity index (χ1v) is 6.93. The van der Waals surface area contributed by atoms with Gasteiger partial charge in [-0.1, -0.05) is 40.2 Å². The van der Waals surface area contributed by atoms with Crippen molar-refractivity contribution in [1.29, 1.82) is 0 Å². The number of nitrogens with zero attached hydrogens (tertiary/aromatic N) is 1. The number of benzene rings is 2. The van der Waals surface area contributed by atoms with Gasteiger partial charge in [0.2, 0.25) is 0 Å². The molecule has 0 saturated carbocycles. The van der Waals surface area contributed by atoms with Crippen molar-refractivity contribution in [2.45, 2.75) is 6.10 Å². The summed E-state index contributed by atoms with van der Waals surface area (Å²) in [7, 11) is 0. The summed E-state index contributed by atoms with van der Waals surface area (Å²) in [4.78, 5) is 4.39. The van der Waals surface area contributed by atoms with Crippen LogP contribution in [-0.4, -0.2) is 10.1 Å². The highest BCUT2D eigenvalue weighted by molar-refractivity contribution is 9.10. The average Bonchev–Trinajstić information content (AvgIpc) is 2.48. The second-order valence-electron chi connectivity index (χ2n) is 4.50. The van der Waals surface area contributed by atoms with Crippen molar-refractivity contribution < 1.29 is 9.50 Å². The average molecular weight is 332 g/mol. The summed E-state index contributed by atoms with van der Waals surface area (Å²) in [5, 5.41) is 11.3. The van der Waals surface area contributed by atoms with E-state index < -0.39 is 11.9 Å². The molecule has 1 N–H and O–H groups in total. The van der Waals surface area contributed by atoms with E-state index in [1.54, 1.807) is 18.2 Å². The summed E-state index contributed by atoms with van der Waals surface area (Å²) in [5.41, 5.74) is 1.42. The van der Waals surface area contributed by atoms with Crippen molar-refractivity contribution >= 4 is 26.8 Å². The Bertz CT molecular complexity index is 775. The van der Waals surface area contributed by atoms with E-state index in [0.717, 1.165) is 10.9 Å². The molecule has 0 bridgehead atoms. The van der Waals surface area contributed by atoms with Crippen LogP contribution in [0.3, 0.4) is 0 Å². The molecule has 2 aromatic carbocycles. The molecule has 100 valence electrons. The third-order valence-corrected chi connectivity index (χ3v) is 3.65. The first kappa shape index (κ1) is 13.2. The quantitative estimate of drug-likeness (QED) is 0.762. The Labute approximate surface area is 124 Å². The van der Waals surface area contributed by atoms with Crippen LogP contribution in [0.2, 0.25) is 0 Å². The van der Waals surface area contributed by atoms with Gasteiger partial charge in [0.15, 0.2) is 0 Å². The minimum atomic E-state index is -1.09. The normalized spacial score (nSPS) is 12.6. The summed E-state index contributed by atoms with van der Waals surface area (Å²) >= 11 is 3.28. The molecule has 1 heterocycles. The van der Waals surface area contributed by atoms with Gasteiger partial charge in [-0.2, -0.15) is 0 Å². The Hall–Kier alpha value is -1.78. The predicted molar refractivity (Wildman–Crippen MR) is 79.9 cm³/mol. The number of fused-ring (bicyclic) bond motifs is 1. The van der Waals surface area contributed by atoms with Gasteiger partial charge in [-0.15, -0.1) is 0 Å². The van der Waals surface area contributed by atoms with E-state index in [1.807, 2.05) is 30.3 Å². The Balaban J connectivity index is 2.07. The minimum Gasteiger partial charge on any atom is -0.382 e. The predicted octanol–water partition coefficient (Wildman–Crippen LogP) is 4.22. The summed E-state index contributed by atoms with van der Waals surface area (Å²) in [6, 6.07) is 15.7. The van der Waals surface area contributed by atoms with Crippen LogP contribution < -0.4 is 0 Å². The molecule has 0 amide bonds. The second-order valence-corrected chi connectivity index (χ2v) is 5.41. The highest BCUT2D eigenvalue weighted by atomic mass is 79.9. The molecule has 3 aromatic rings. The first-order valence-electron chi connectivity index (χ1n) is 6.14. The van der Waals surface area contributed by atoms with Gasteiger partial charge < -0.3 is 5.11 Å². The Morgan fingerprint density at radius 2 is 1.85 bits per heavy atom. The van der Waals surface area contributed by atoms with E-state index in [2.05, 4.69) is 20.9 Å². The zero-order valence-electron chi connectivity index (χ0n) is 10.4. The van der Waals surface area contributed by atoms with Crippen molar-refractivity contribution in [3.63, 3.8) is 0 Å². The summed E-state index contributed by atoms with van der Waals surface area (Å²) in [6.07, 6.45) is -1.09. The van der Waals surface area contributed by atoms with Crippen molar-refractivity contribution in [3.05, 3.63) is 76.1 Å². The molecule has 20 heavy (non-hydrogen) atoms. The zero-order valence-corrected chi connectivity index (χ0v) is 12.0. The lowest BCUT2D eigenvalue weighted by molar-refractivity contribution is 0.210. The number of hydrogen-bond donors (Lipinski definition) is 1. The zero-order chi connectivity index (χ0) is 14.1. The topological polar surface area (TPSA) is 33.1 Å². The van der Waals surface area contributed by atoms with Crippen LogP contribution in [0.1, 0.15) is 17.4 Å². The van der Waals surface area contributed by atoms with Gasteiger partial charge in [0.1, 0.15) is 11.9 Å². The molecule has 1 unspecified atom stereocenters. The maximum absolute atomic E-state index is 13.8. The van der Waals surface area contributed by atoms with E-state index in [-0.39, 0.29) is 5.56 Å². The third-order valence-electron chi connectivity index (χ3n) is 3.15. The van der Waals surface area contributed by atoms with Crippen LogP contribution in [-0.2, 0) is 0 Å². The summed E-state index contributed by atoms with van der Waals surface area (Å²) < 4.78 is 14.5. The lowest BCUT2D eigenvalue weighted by atomic mass is 10.0. The molecule has 0 aliphatic rings. The fraction of sp³-hybridized carbons (Fsp3) is 0.0625. The van der Waals surface area contributed by atoms with Crippen molar-refractivity contribution in [2.24, 2.45) is 0 Å². The van der Waals surface area contributed by atoms with Crippen LogP contribution in [0.15, 0.2) is 59.1 Å². The van der Waals surface area contributed by atoms with E-state index in [9.17, 15) is 9.50 Å². The maximum atomic E-state index is 13.8. The van der Waals surface area contributed by atoms with Crippen LogP contribution in [0, 0.1) is 5.82 Å². The van der Waals surface area contributed by atoms with E-state index >= 15 is 0 Å². The van der Waals surface area contributed by atoms with Gasteiger partial charge in [0.25, 0.3) is 0 Å². The van der Waals surface area contributed by atoms with E-state index in [0.29, 0.717) is 10.2 Å². The molecule has 0 spiro atoms. The number of rotatable bonds is 2. The van der Waals surface area contributed by atoms with E-state index in [4.69, 9.17) is 0 Å². The van der Waals surface area contributed by atoms with Gasteiger partial charge in [0.05, 0.1) is 11.2 Å². The third kappa shape index (κ3) is 2.44. The SMILES string of the molecule is OC(c1ccc2ccccc2n1)c1cc(Br)ccc1F. The van der Waals surface area contributed by atoms with Crippen molar-refractivity contribution in [2.75, 3.05) is 0 Å². The maximum Gasteiger partial charge on any atom is 0.129 e. The molecule has 0 aliphatic carbocycles. The van der Waals surface area contributed by atoms with Crippen LogP contribution >= 0.6 is 15.9 Å². The fourth-order valence-corrected chi connectivity index (χ4v) is 2.50. The second kappa shape index (κ2) is 5.31. The monoisotopic (exact) mass is 331 g/mol. The van der Waals surface area contributed by atoms with E-state index in [1.165, 1.54) is 6.07 Å². The molecule has 4 heteroatoms. The summed E-state index contributed by atoms with van der Waals surface area (Å²) in [6.45, 7) is 0. The standard InChI is InChI=1S/C16H11BrFNO/c17-11-6-7-13(18)12(9-11)16(20)15-8-5-10-3-1-2-4-14(10)19-15/h1-9,16,20H. The molecular weight excluding hydrogens is 321 g/mol. The molecule has 2 nitrogen and oxygen atoms in total. The highest BCUT2D eigenvalue weighted by Crippen LogP contribution is 2.27. The Morgan fingerprint density at radius 3 is 2.70 bits per heavy atom. The molecule has 0 saturated heterocycles. The Kier molecular flexibility index (Phi) is 3.51. The number of halogens is 2.